The lowest BCUT2D eigenvalue weighted by Crippen LogP contribution is -3.10. The molecule has 2 aromatic rings. The summed E-state index contributed by atoms with van der Waals surface area (Å²) in [6, 6.07) is 17.4. The zero-order chi connectivity index (χ0) is 18.6. The molecule has 0 saturated carbocycles. The summed E-state index contributed by atoms with van der Waals surface area (Å²) < 4.78 is 0. The minimum absolute atomic E-state index is 0.0875. The highest BCUT2D eigenvalue weighted by molar-refractivity contribution is 5.91. The molecule has 1 saturated heterocycles. The van der Waals surface area contributed by atoms with E-state index in [0.29, 0.717) is 12.6 Å². The molecule has 2 atom stereocenters. The number of aryl methyl sites for hydroxylation is 1. The van der Waals surface area contributed by atoms with Crippen molar-refractivity contribution in [2.75, 3.05) is 36.9 Å². The third kappa shape index (κ3) is 4.16. The van der Waals surface area contributed by atoms with Gasteiger partial charge < -0.3 is 15.1 Å². The molecule has 4 rings (SSSR count). The molecule has 0 spiro atoms. The Bertz CT molecular complexity index is 780. The Kier molecular flexibility index (Phi) is 5.44. The quantitative estimate of drug-likeness (QED) is 0.856. The van der Waals surface area contributed by atoms with Gasteiger partial charge in [0.1, 0.15) is 6.04 Å². The van der Waals surface area contributed by atoms with Crippen molar-refractivity contribution in [3.8, 4) is 0 Å². The number of anilines is 2. The Hall–Kier alpha value is -2.33. The van der Waals surface area contributed by atoms with Crippen LogP contribution in [0.1, 0.15) is 42.9 Å². The van der Waals surface area contributed by atoms with Crippen molar-refractivity contribution in [3.05, 3.63) is 59.7 Å². The molecule has 1 unspecified atom stereocenters. The zero-order valence-corrected chi connectivity index (χ0v) is 16.2. The van der Waals surface area contributed by atoms with Crippen LogP contribution in [0.5, 0.6) is 0 Å². The van der Waals surface area contributed by atoms with Crippen molar-refractivity contribution < 1.29 is 9.69 Å². The molecule has 1 aliphatic heterocycles. The van der Waals surface area contributed by atoms with E-state index in [1.165, 1.54) is 41.0 Å². The van der Waals surface area contributed by atoms with Crippen LogP contribution in [0, 0.1) is 0 Å². The number of rotatable bonds is 5. The van der Waals surface area contributed by atoms with E-state index >= 15 is 0 Å². The van der Waals surface area contributed by atoms with E-state index in [-0.39, 0.29) is 5.91 Å². The Balaban J connectivity index is 1.35. The van der Waals surface area contributed by atoms with Crippen LogP contribution in [0.2, 0.25) is 0 Å². The molecule has 2 aliphatic rings. The fourth-order valence-corrected chi connectivity index (χ4v) is 4.58. The molecule has 2 aromatic carbocycles. The van der Waals surface area contributed by atoms with Crippen molar-refractivity contribution >= 4 is 17.3 Å². The van der Waals surface area contributed by atoms with Gasteiger partial charge in [-0.05, 0) is 55.5 Å². The predicted molar refractivity (Wildman–Crippen MR) is 110 cm³/mol. The summed E-state index contributed by atoms with van der Waals surface area (Å²) >= 11 is 0. The van der Waals surface area contributed by atoms with Crippen LogP contribution in [-0.4, -0.2) is 32.6 Å². The van der Waals surface area contributed by atoms with Crippen LogP contribution in [0.25, 0.3) is 0 Å². The Morgan fingerprint density at radius 3 is 2.59 bits per heavy atom. The van der Waals surface area contributed by atoms with Gasteiger partial charge in [-0.2, -0.15) is 0 Å². The lowest BCUT2D eigenvalue weighted by molar-refractivity contribution is -0.905. The number of carbonyl (C=O) groups is 1. The second-order valence-electron chi connectivity index (χ2n) is 7.96. The highest BCUT2D eigenvalue weighted by atomic mass is 16.2. The van der Waals surface area contributed by atoms with Crippen LogP contribution in [-0.2, 0) is 11.2 Å². The normalized spacial score (nSPS) is 20.2. The van der Waals surface area contributed by atoms with E-state index in [1.807, 2.05) is 12.1 Å². The topological polar surface area (TPSA) is 36.8 Å². The van der Waals surface area contributed by atoms with Gasteiger partial charge in [0, 0.05) is 36.4 Å². The molecule has 1 fully saturated rings. The number of carbonyl (C=O) groups excluding carboxylic acids is 1. The largest absolute Gasteiger partial charge is 0.372 e. The minimum Gasteiger partial charge on any atom is -0.372 e. The number of quaternary nitrogens is 1. The number of hydrogen-bond donors (Lipinski definition) is 2. The number of fused-ring (bicyclic) bond motifs is 1. The fraction of sp³-hybridized carbons (Fsp3) is 0.435. The molecular weight excluding hydrogens is 334 g/mol. The summed E-state index contributed by atoms with van der Waals surface area (Å²) in [6.07, 6.45) is 6.07. The minimum atomic E-state index is 0.0875. The van der Waals surface area contributed by atoms with Gasteiger partial charge in [0.25, 0.3) is 5.91 Å². The van der Waals surface area contributed by atoms with E-state index in [4.69, 9.17) is 0 Å². The van der Waals surface area contributed by atoms with Crippen molar-refractivity contribution in [1.29, 1.82) is 0 Å². The van der Waals surface area contributed by atoms with Gasteiger partial charge in [-0.3, -0.25) is 4.79 Å². The summed E-state index contributed by atoms with van der Waals surface area (Å²) in [5, 5.41) is 3.08. The van der Waals surface area contributed by atoms with E-state index in [2.05, 4.69) is 53.7 Å². The number of amides is 1. The number of nitrogens with zero attached hydrogens (tertiary/aromatic N) is 1. The summed E-state index contributed by atoms with van der Waals surface area (Å²) in [5.41, 5.74) is 5.02. The molecule has 0 aromatic heterocycles. The summed E-state index contributed by atoms with van der Waals surface area (Å²) in [4.78, 5) is 16.3. The van der Waals surface area contributed by atoms with Crippen LogP contribution >= 0.6 is 0 Å². The maximum atomic E-state index is 12.6. The molecule has 0 bridgehead atoms. The highest BCUT2D eigenvalue weighted by Gasteiger charge is 2.27. The second-order valence-corrected chi connectivity index (χ2v) is 7.96. The highest BCUT2D eigenvalue weighted by Crippen LogP contribution is 2.27. The standard InChI is InChI=1S/C23H29N3O/c1-25(22-10-6-8-18-7-2-3-9-21(18)22)17-23(27)24-19-11-13-20(14-12-19)26-15-4-5-16-26/h2-3,7,9,11-14,22H,4-6,8,10,15-17H2,1H3,(H,24,27)/p+1/t22-/m1/s1. The van der Waals surface area contributed by atoms with Crippen LogP contribution < -0.4 is 15.1 Å². The molecule has 0 radical (unpaired) electrons. The molecule has 4 nitrogen and oxygen atoms in total. The maximum absolute atomic E-state index is 12.6. The Morgan fingerprint density at radius 2 is 1.81 bits per heavy atom. The zero-order valence-electron chi connectivity index (χ0n) is 16.2. The molecule has 1 amide bonds. The van der Waals surface area contributed by atoms with Crippen LogP contribution in [0.15, 0.2) is 48.5 Å². The second kappa shape index (κ2) is 8.13. The lowest BCUT2D eigenvalue weighted by atomic mass is 9.87. The summed E-state index contributed by atoms with van der Waals surface area (Å²) in [5.74, 6) is 0.0875. The van der Waals surface area contributed by atoms with Gasteiger partial charge in [0.15, 0.2) is 6.54 Å². The molecule has 27 heavy (non-hydrogen) atoms. The number of hydrogen-bond acceptors (Lipinski definition) is 2. The van der Waals surface area contributed by atoms with Crippen molar-refractivity contribution in [2.45, 2.75) is 38.1 Å². The number of nitrogens with one attached hydrogen (secondary N) is 2. The molecule has 142 valence electrons. The lowest BCUT2D eigenvalue weighted by Gasteiger charge is -2.30. The average Bonchev–Trinajstić information content (AvgIpc) is 3.23. The first-order valence-electron chi connectivity index (χ1n) is 10.3. The van der Waals surface area contributed by atoms with Gasteiger partial charge in [-0.15, -0.1) is 0 Å². The molecule has 4 heteroatoms. The molecule has 1 aliphatic carbocycles. The Morgan fingerprint density at radius 1 is 1.07 bits per heavy atom. The average molecular weight is 365 g/mol. The molecule has 2 N–H and O–H groups in total. The van der Waals surface area contributed by atoms with Gasteiger partial charge in [0.05, 0.1) is 7.05 Å². The van der Waals surface area contributed by atoms with E-state index in [1.54, 1.807) is 0 Å². The van der Waals surface area contributed by atoms with Crippen LogP contribution in [0.3, 0.4) is 0 Å². The van der Waals surface area contributed by atoms with E-state index in [9.17, 15) is 4.79 Å². The first-order valence-corrected chi connectivity index (χ1v) is 10.3. The first kappa shape index (κ1) is 18.1. The fourth-order valence-electron chi connectivity index (χ4n) is 4.58. The van der Waals surface area contributed by atoms with Crippen LogP contribution in [0.4, 0.5) is 11.4 Å². The SMILES string of the molecule is C[NH+](CC(=O)Nc1ccc(N2CCCC2)cc1)[C@@H]1CCCc2ccccc21. The summed E-state index contributed by atoms with van der Waals surface area (Å²) in [6.45, 7) is 2.78. The van der Waals surface area contributed by atoms with Gasteiger partial charge in [0.2, 0.25) is 0 Å². The van der Waals surface area contributed by atoms with Gasteiger partial charge in [-0.1, -0.05) is 24.3 Å². The Labute approximate surface area is 162 Å². The first-order chi connectivity index (χ1) is 13.2. The predicted octanol–water partition coefficient (Wildman–Crippen LogP) is 2.82. The summed E-state index contributed by atoms with van der Waals surface area (Å²) in [7, 11) is 2.14. The monoisotopic (exact) mass is 364 g/mol. The number of likely N-dealkylation sites (N-methyl/N-ethyl adjacent to an activating group) is 1. The van der Waals surface area contributed by atoms with Crippen molar-refractivity contribution in [2.24, 2.45) is 0 Å². The van der Waals surface area contributed by atoms with Crippen molar-refractivity contribution in [3.63, 3.8) is 0 Å². The van der Waals surface area contributed by atoms with E-state index in [0.717, 1.165) is 31.6 Å². The third-order valence-electron chi connectivity index (χ3n) is 6.03. The maximum Gasteiger partial charge on any atom is 0.279 e. The van der Waals surface area contributed by atoms with Crippen molar-refractivity contribution in [1.82, 2.24) is 0 Å². The van der Waals surface area contributed by atoms with Gasteiger partial charge in [-0.25, -0.2) is 0 Å². The number of benzene rings is 2. The van der Waals surface area contributed by atoms with E-state index < -0.39 is 0 Å². The molecule has 1 heterocycles. The third-order valence-corrected chi connectivity index (χ3v) is 6.03. The van der Waals surface area contributed by atoms with Gasteiger partial charge >= 0.3 is 0 Å². The smallest absolute Gasteiger partial charge is 0.279 e. The molecular formula is C23H30N3O+.